The molecule has 12 heavy (non-hydrogen) atoms. The Morgan fingerprint density at radius 3 is 2.50 bits per heavy atom. The zero-order valence-electron chi connectivity index (χ0n) is 6.88. The highest BCUT2D eigenvalue weighted by Crippen LogP contribution is 2.41. The minimum atomic E-state index is -0.910. The van der Waals surface area contributed by atoms with Crippen molar-refractivity contribution in [1.29, 1.82) is 0 Å². The number of nitrogens with one attached hydrogen (secondary N) is 1. The Bertz CT molecular complexity index is 190. The molecule has 0 aromatic heterocycles. The van der Waals surface area contributed by atoms with Gasteiger partial charge in [-0.25, -0.2) is 4.79 Å². The maximum Gasteiger partial charge on any atom is 0.404 e. The predicted molar refractivity (Wildman–Crippen MR) is 42.1 cm³/mol. The molecule has 0 radical (unpaired) electrons. The molecule has 1 amide bonds. The van der Waals surface area contributed by atoms with Crippen molar-refractivity contribution in [3.05, 3.63) is 0 Å². The van der Waals surface area contributed by atoms with Crippen LogP contribution in [0.2, 0.25) is 0 Å². The van der Waals surface area contributed by atoms with Crippen molar-refractivity contribution in [1.82, 2.24) is 5.32 Å². The van der Waals surface area contributed by atoms with Crippen LogP contribution in [0.5, 0.6) is 0 Å². The Morgan fingerprint density at radius 1 is 1.50 bits per heavy atom. The number of carboxylic acid groups (broad SMARTS) is 1. The molecule has 2 rings (SSSR count). The summed E-state index contributed by atoms with van der Waals surface area (Å²) in [5.74, 6) is 0. The molecule has 0 atom stereocenters. The standard InChI is InChI=1S/C8H13NO3/c10-7(11)9-6-1-3-8(4-2-6)5-12-8/h6,9H,1-5H2,(H,10,11). The molecule has 0 aromatic rings. The second-order valence-corrected chi connectivity index (χ2v) is 3.70. The van der Waals surface area contributed by atoms with Gasteiger partial charge in [0.15, 0.2) is 0 Å². The van der Waals surface area contributed by atoms with Crippen molar-refractivity contribution >= 4 is 6.09 Å². The smallest absolute Gasteiger partial charge is 0.404 e. The van der Waals surface area contributed by atoms with E-state index in [-0.39, 0.29) is 11.6 Å². The van der Waals surface area contributed by atoms with E-state index >= 15 is 0 Å². The van der Waals surface area contributed by atoms with Gasteiger partial charge in [0.25, 0.3) is 0 Å². The third-order valence-corrected chi connectivity index (χ3v) is 2.78. The topological polar surface area (TPSA) is 61.9 Å². The van der Waals surface area contributed by atoms with Crippen LogP contribution in [0, 0.1) is 0 Å². The molecule has 0 aromatic carbocycles. The second kappa shape index (κ2) is 2.62. The fourth-order valence-corrected chi connectivity index (χ4v) is 1.85. The summed E-state index contributed by atoms with van der Waals surface area (Å²) in [6.45, 7) is 0.882. The van der Waals surface area contributed by atoms with Crippen LogP contribution in [0.4, 0.5) is 4.79 Å². The van der Waals surface area contributed by atoms with E-state index < -0.39 is 6.09 Å². The van der Waals surface area contributed by atoms with Gasteiger partial charge in [-0.15, -0.1) is 0 Å². The van der Waals surface area contributed by atoms with E-state index in [9.17, 15) is 4.79 Å². The molecule has 0 bridgehead atoms. The summed E-state index contributed by atoms with van der Waals surface area (Å²) in [5.41, 5.74) is 0.163. The fraction of sp³-hybridized carbons (Fsp3) is 0.875. The molecular formula is C8H13NO3. The molecule has 2 fully saturated rings. The summed E-state index contributed by atoms with van der Waals surface area (Å²) < 4.78 is 5.32. The summed E-state index contributed by atoms with van der Waals surface area (Å²) in [4.78, 5) is 10.3. The first-order chi connectivity index (χ1) is 5.70. The van der Waals surface area contributed by atoms with Gasteiger partial charge in [0.1, 0.15) is 0 Å². The Labute approximate surface area is 70.9 Å². The number of ether oxygens (including phenoxy) is 1. The van der Waals surface area contributed by atoms with Gasteiger partial charge in [0.05, 0.1) is 12.2 Å². The summed E-state index contributed by atoms with van der Waals surface area (Å²) >= 11 is 0. The molecule has 2 aliphatic rings. The maximum atomic E-state index is 10.3. The molecule has 1 aliphatic heterocycles. The maximum absolute atomic E-state index is 10.3. The highest BCUT2D eigenvalue weighted by atomic mass is 16.6. The van der Waals surface area contributed by atoms with Gasteiger partial charge in [0.2, 0.25) is 0 Å². The Kier molecular flexibility index (Phi) is 1.72. The molecule has 68 valence electrons. The monoisotopic (exact) mass is 171 g/mol. The van der Waals surface area contributed by atoms with Crippen LogP contribution in [0.25, 0.3) is 0 Å². The number of carbonyl (C=O) groups is 1. The summed E-state index contributed by atoms with van der Waals surface area (Å²) in [7, 11) is 0. The minimum absolute atomic E-state index is 0.150. The lowest BCUT2D eigenvalue weighted by molar-refractivity contribution is 0.173. The zero-order valence-corrected chi connectivity index (χ0v) is 6.88. The van der Waals surface area contributed by atoms with Crippen molar-refractivity contribution in [2.45, 2.75) is 37.3 Å². The van der Waals surface area contributed by atoms with Crippen LogP contribution in [0.1, 0.15) is 25.7 Å². The van der Waals surface area contributed by atoms with E-state index in [1.165, 1.54) is 0 Å². The first-order valence-corrected chi connectivity index (χ1v) is 4.34. The molecule has 1 aliphatic carbocycles. The van der Waals surface area contributed by atoms with Crippen LogP contribution in [0.3, 0.4) is 0 Å². The Balaban J connectivity index is 1.78. The summed E-state index contributed by atoms with van der Waals surface area (Å²) in [5, 5.41) is 11.0. The fourth-order valence-electron chi connectivity index (χ4n) is 1.85. The van der Waals surface area contributed by atoms with Gasteiger partial charge in [-0.1, -0.05) is 0 Å². The van der Waals surface area contributed by atoms with Gasteiger partial charge >= 0.3 is 6.09 Å². The van der Waals surface area contributed by atoms with Crippen molar-refractivity contribution < 1.29 is 14.6 Å². The van der Waals surface area contributed by atoms with Crippen LogP contribution >= 0.6 is 0 Å². The van der Waals surface area contributed by atoms with E-state index in [4.69, 9.17) is 9.84 Å². The van der Waals surface area contributed by atoms with E-state index in [0.717, 1.165) is 32.3 Å². The number of hydrogen-bond donors (Lipinski definition) is 2. The molecule has 4 nitrogen and oxygen atoms in total. The van der Waals surface area contributed by atoms with Crippen molar-refractivity contribution in [3.63, 3.8) is 0 Å². The highest BCUT2D eigenvalue weighted by Gasteiger charge is 2.46. The van der Waals surface area contributed by atoms with Gasteiger partial charge < -0.3 is 15.2 Å². The van der Waals surface area contributed by atoms with Gasteiger partial charge in [-0.05, 0) is 25.7 Å². The first kappa shape index (κ1) is 7.86. The van der Waals surface area contributed by atoms with Crippen LogP contribution in [-0.2, 0) is 4.74 Å². The average Bonchev–Trinajstić information content (AvgIpc) is 2.75. The third kappa shape index (κ3) is 1.53. The van der Waals surface area contributed by atoms with Crippen molar-refractivity contribution in [2.24, 2.45) is 0 Å². The second-order valence-electron chi connectivity index (χ2n) is 3.70. The summed E-state index contributed by atoms with van der Waals surface area (Å²) in [6.07, 6.45) is 2.96. The third-order valence-electron chi connectivity index (χ3n) is 2.78. The zero-order chi connectivity index (χ0) is 8.60. The Hall–Kier alpha value is -0.770. The lowest BCUT2D eigenvalue weighted by Gasteiger charge is -2.25. The SMILES string of the molecule is O=C(O)NC1CCC2(CC1)CO2. The molecule has 0 unspecified atom stereocenters. The van der Waals surface area contributed by atoms with E-state index in [1.54, 1.807) is 0 Å². The van der Waals surface area contributed by atoms with Crippen molar-refractivity contribution in [3.8, 4) is 0 Å². The predicted octanol–water partition coefficient (Wildman–Crippen LogP) is 0.966. The Morgan fingerprint density at radius 2 is 2.08 bits per heavy atom. The number of hydrogen-bond acceptors (Lipinski definition) is 2. The molecule has 1 saturated heterocycles. The number of amides is 1. The van der Waals surface area contributed by atoms with Gasteiger partial charge in [0, 0.05) is 6.04 Å². The van der Waals surface area contributed by atoms with Gasteiger partial charge in [-0.3, -0.25) is 0 Å². The van der Waals surface area contributed by atoms with Crippen molar-refractivity contribution in [2.75, 3.05) is 6.61 Å². The molecule has 1 spiro atoms. The molecule has 2 N–H and O–H groups in total. The minimum Gasteiger partial charge on any atom is -0.465 e. The summed E-state index contributed by atoms with van der Waals surface area (Å²) in [6, 6.07) is 0.150. The average molecular weight is 171 g/mol. The van der Waals surface area contributed by atoms with E-state index in [1.807, 2.05) is 0 Å². The van der Waals surface area contributed by atoms with Gasteiger partial charge in [-0.2, -0.15) is 0 Å². The molecular weight excluding hydrogens is 158 g/mol. The van der Waals surface area contributed by atoms with E-state index in [2.05, 4.69) is 5.32 Å². The highest BCUT2D eigenvalue weighted by molar-refractivity contribution is 5.64. The molecule has 4 heteroatoms. The lowest BCUT2D eigenvalue weighted by atomic mass is 9.86. The quantitative estimate of drug-likeness (QED) is 0.578. The largest absolute Gasteiger partial charge is 0.465 e. The number of rotatable bonds is 1. The van der Waals surface area contributed by atoms with Crippen LogP contribution in [-0.4, -0.2) is 29.4 Å². The molecule has 1 heterocycles. The first-order valence-electron chi connectivity index (χ1n) is 4.34. The lowest BCUT2D eigenvalue weighted by Crippen LogP contribution is -2.38. The van der Waals surface area contributed by atoms with Crippen LogP contribution in [0.15, 0.2) is 0 Å². The normalized spacial score (nSPS) is 39.5. The number of epoxide rings is 1. The van der Waals surface area contributed by atoms with E-state index in [0.29, 0.717) is 0 Å². The van der Waals surface area contributed by atoms with Crippen LogP contribution < -0.4 is 5.32 Å². The molecule has 1 saturated carbocycles.